The molecule has 5 nitrogen and oxygen atoms in total. The van der Waals surface area contributed by atoms with Crippen molar-refractivity contribution in [1.29, 1.82) is 0 Å². The van der Waals surface area contributed by atoms with Crippen LogP contribution >= 0.6 is 11.3 Å². The summed E-state index contributed by atoms with van der Waals surface area (Å²) in [5, 5.41) is 14.3. The number of rotatable bonds is 8. The summed E-state index contributed by atoms with van der Waals surface area (Å²) in [5.74, 6) is 0.642. The topological polar surface area (TPSA) is 71.5 Å². The highest BCUT2D eigenvalue weighted by molar-refractivity contribution is 7.13. The van der Waals surface area contributed by atoms with E-state index in [0.29, 0.717) is 12.1 Å². The smallest absolute Gasteiger partial charge is 0.270 e. The van der Waals surface area contributed by atoms with Crippen molar-refractivity contribution in [3.63, 3.8) is 0 Å². The molecule has 0 aliphatic carbocycles. The number of aromatic nitrogens is 1. The van der Waals surface area contributed by atoms with Crippen LogP contribution in [0.15, 0.2) is 29.6 Å². The van der Waals surface area contributed by atoms with Crippen molar-refractivity contribution >= 4 is 17.2 Å². The van der Waals surface area contributed by atoms with Gasteiger partial charge in [0.25, 0.3) is 5.91 Å². The van der Waals surface area contributed by atoms with E-state index >= 15 is 0 Å². The van der Waals surface area contributed by atoms with Gasteiger partial charge < -0.3 is 15.2 Å². The van der Waals surface area contributed by atoms with E-state index in [1.54, 1.807) is 5.38 Å². The fraction of sp³-hybridized carbons (Fsp3) is 0.444. The van der Waals surface area contributed by atoms with Crippen molar-refractivity contribution in [2.45, 2.75) is 45.8 Å². The van der Waals surface area contributed by atoms with Gasteiger partial charge in [-0.15, -0.1) is 11.3 Å². The minimum Gasteiger partial charge on any atom is -0.491 e. The number of nitrogens with one attached hydrogen (secondary N) is 1. The Hall–Kier alpha value is -1.92. The Bertz CT molecular complexity index is 653. The fourth-order valence-electron chi connectivity index (χ4n) is 2.23. The van der Waals surface area contributed by atoms with Gasteiger partial charge in [-0.3, -0.25) is 4.79 Å². The maximum absolute atomic E-state index is 12.2. The lowest BCUT2D eigenvalue weighted by Gasteiger charge is -2.11. The molecule has 6 heteroatoms. The highest BCUT2D eigenvalue weighted by Gasteiger charge is 2.14. The van der Waals surface area contributed by atoms with Gasteiger partial charge in [-0.2, -0.15) is 0 Å². The predicted octanol–water partition coefficient (Wildman–Crippen LogP) is 3.49. The van der Waals surface area contributed by atoms with Gasteiger partial charge in [-0.05, 0) is 57.9 Å². The zero-order chi connectivity index (χ0) is 17.5. The number of benzene rings is 1. The fourth-order valence-corrected chi connectivity index (χ4v) is 3.03. The highest BCUT2D eigenvalue weighted by atomic mass is 32.1. The van der Waals surface area contributed by atoms with Gasteiger partial charge in [0.2, 0.25) is 0 Å². The third-order valence-electron chi connectivity index (χ3n) is 3.38. The van der Waals surface area contributed by atoms with Crippen molar-refractivity contribution < 1.29 is 14.6 Å². The molecule has 0 aliphatic heterocycles. The van der Waals surface area contributed by atoms with Gasteiger partial charge in [-0.1, -0.05) is 0 Å². The van der Waals surface area contributed by atoms with Crippen molar-refractivity contribution in [3.05, 3.63) is 35.3 Å². The van der Waals surface area contributed by atoms with E-state index in [9.17, 15) is 4.79 Å². The zero-order valence-electron chi connectivity index (χ0n) is 14.3. The van der Waals surface area contributed by atoms with E-state index in [1.165, 1.54) is 11.3 Å². The third kappa shape index (κ3) is 5.32. The second-order valence-electron chi connectivity index (χ2n) is 5.97. The van der Waals surface area contributed by atoms with Crippen LogP contribution in [0.2, 0.25) is 0 Å². The van der Waals surface area contributed by atoms with Crippen LogP contribution in [0.4, 0.5) is 0 Å². The molecule has 0 aliphatic rings. The summed E-state index contributed by atoms with van der Waals surface area (Å²) < 4.78 is 5.63. The first-order valence-corrected chi connectivity index (χ1v) is 9.02. The van der Waals surface area contributed by atoms with Crippen LogP contribution in [-0.4, -0.2) is 34.8 Å². The van der Waals surface area contributed by atoms with Crippen LogP contribution in [0, 0.1) is 0 Å². The monoisotopic (exact) mass is 348 g/mol. The number of hydrogen-bond donors (Lipinski definition) is 2. The summed E-state index contributed by atoms with van der Waals surface area (Å²) in [7, 11) is 0. The van der Waals surface area contributed by atoms with E-state index in [4.69, 9.17) is 9.84 Å². The molecule has 2 N–H and O–H groups in total. The summed E-state index contributed by atoms with van der Waals surface area (Å²) in [6, 6.07) is 7.73. The summed E-state index contributed by atoms with van der Waals surface area (Å²) in [5.41, 5.74) is 1.39. The minimum atomic E-state index is -0.178. The van der Waals surface area contributed by atoms with Gasteiger partial charge in [-0.25, -0.2) is 4.98 Å². The molecule has 2 rings (SSSR count). The minimum absolute atomic E-state index is 0.0160. The first kappa shape index (κ1) is 18.4. The van der Waals surface area contributed by atoms with Crippen molar-refractivity contribution in [1.82, 2.24) is 10.3 Å². The van der Waals surface area contributed by atoms with Gasteiger partial charge in [0.05, 0.1) is 6.10 Å². The van der Waals surface area contributed by atoms with Crippen molar-refractivity contribution in [2.24, 2.45) is 0 Å². The first-order chi connectivity index (χ1) is 11.5. The number of aliphatic hydroxyl groups is 1. The number of aliphatic hydroxyl groups excluding tert-OH is 1. The normalized spacial score (nSPS) is 12.2. The lowest BCUT2D eigenvalue weighted by molar-refractivity contribution is 0.0932. The van der Waals surface area contributed by atoms with E-state index in [1.807, 2.05) is 45.0 Å². The van der Waals surface area contributed by atoms with Crippen molar-refractivity contribution in [2.75, 3.05) is 6.61 Å². The largest absolute Gasteiger partial charge is 0.491 e. The highest BCUT2D eigenvalue weighted by Crippen LogP contribution is 2.26. The van der Waals surface area contributed by atoms with Gasteiger partial charge in [0.1, 0.15) is 16.5 Å². The van der Waals surface area contributed by atoms with Crippen LogP contribution in [-0.2, 0) is 0 Å². The maximum Gasteiger partial charge on any atom is 0.270 e. The molecule has 0 radical (unpaired) electrons. The summed E-state index contributed by atoms with van der Waals surface area (Å²) in [4.78, 5) is 16.6. The Morgan fingerprint density at radius 3 is 2.62 bits per heavy atom. The third-order valence-corrected chi connectivity index (χ3v) is 4.27. The molecule has 1 amide bonds. The number of nitrogens with zero attached hydrogens (tertiary/aromatic N) is 1. The second kappa shape index (κ2) is 8.80. The van der Waals surface area contributed by atoms with Gasteiger partial charge >= 0.3 is 0 Å². The number of carbonyl (C=O) groups is 1. The lowest BCUT2D eigenvalue weighted by Crippen LogP contribution is -2.32. The second-order valence-corrected chi connectivity index (χ2v) is 6.83. The number of amides is 1. The first-order valence-electron chi connectivity index (χ1n) is 8.14. The number of ether oxygens (including phenoxy) is 1. The molecule has 1 aromatic heterocycles. The van der Waals surface area contributed by atoms with E-state index in [0.717, 1.165) is 22.7 Å². The zero-order valence-corrected chi connectivity index (χ0v) is 15.1. The molecule has 1 heterocycles. The quantitative estimate of drug-likeness (QED) is 0.766. The molecule has 1 atom stereocenters. The van der Waals surface area contributed by atoms with Crippen LogP contribution in [0.25, 0.3) is 10.6 Å². The number of carbonyl (C=O) groups excluding carboxylic acids is 1. The maximum atomic E-state index is 12.2. The number of thiazole rings is 1. The Morgan fingerprint density at radius 2 is 2.00 bits per heavy atom. The Balaban J connectivity index is 2.00. The standard InChI is InChI=1S/C18H24N2O3S/c1-12(2)23-15-8-6-14(7-9-15)18-20-16(11-24-18)17(22)19-13(3)5-4-10-21/h6-9,11-13,21H,4-5,10H2,1-3H3,(H,19,22). The molecular formula is C18H24N2O3S. The summed E-state index contributed by atoms with van der Waals surface area (Å²) in [6.45, 7) is 6.04. The van der Waals surface area contributed by atoms with Gasteiger partial charge in [0.15, 0.2) is 0 Å². The van der Waals surface area contributed by atoms with Crippen LogP contribution in [0.5, 0.6) is 5.75 Å². The molecule has 0 spiro atoms. The molecule has 0 saturated heterocycles. The molecule has 130 valence electrons. The predicted molar refractivity (Wildman–Crippen MR) is 96.6 cm³/mol. The molecule has 0 fully saturated rings. The average molecular weight is 348 g/mol. The SMILES string of the molecule is CC(CCCO)NC(=O)c1csc(-c2ccc(OC(C)C)cc2)n1. The molecule has 2 aromatic rings. The molecule has 0 bridgehead atoms. The summed E-state index contributed by atoms with van der Waals surface area (Å²) >= 11 is 1.44. The lowest BCUT2D eigenvalue weighted by atomic mass is 10.2. The van der Waals surface area contributed by atoms with E-state index in [-0.39, 0.29) is 24.7 Å². The van der Waals surface area contributed by atoms with E-state index < -0.39 is 0 Å². The molecular weight excluding hydrogens is 324 g/mol. The molecule has 1 unspecified atom stereocenters. The van der Waals surface area contributed by atoms with Gasteiger partial charge in [0, 0.05) is 23.6 Å². The summed E-state index contributed by atoms with van der Waals surface area (Å²) in [6.07, 6.45) is 1.56. The van der Waals surface area contributed by atoms with Crippen LogP contribution in [0.1, 0.15) is 44.1 Å². The van der Waals surface area contributed by atoms with Crippen LogP contribution in [0.3, 0.4) is 0 Å². The molecule has 0 saturated carbocycles. The molecule has 24 heavy (non-hydrogen) atoms. The van der Waals surface area contributed by atoms with Crippen LogP contribution < -0.4 is 10.1 Å². The Morgan fingerprint density at radius 1 is 1.29 bits per heavy atom. The van der Waals surface area contributed by atoms with Crippen molar-refractivity contribution in [3.8, 4) is 16.3 Å². The Kier molecular flexibility index (Phi) is 6.75. The number of hydrogen-bond acceptors (Lipinski definition) is 5. The average Bonchev–Trinajstić information content (AvgIpc) is 3.03. The molecule has 1 aromatic carbocycles. The van der Waals surface area contributed by atoms with E-state index in [2.05, 4.69) is 10.3 Å². The Labute approximate surface area is 146 Å².